The molecule has 4 saturated heterocycles. The van der Waals surface area contributed by atoms with Gasteiger partial charge in [0.2, 0.25) is 11.8 Å². The molecule has 3 aromatic rings. The quantitative estimate of drug-likeness (QED) is 0.344. The summed E-state index contributed by atoms with van der Waals surface area (Å²) in [7, 11) is 3.75. The van der Waals surface area contributed by atoms with Crippen molar-refractivity contribution in [1.29, 1.82) is 0 Å². The normalized spacial score (nSPS) is 25.0. The monoisotopic (exact) mass is 685 g/mol. The molecule has 49 heavy (non-hydrogen) atoms. The van der Waals surface area contributed by atoms with Gasteiger partial charge in [0, 0.05) is 57.9 Å². The Morgan fingerprint density at radius 1 is 0.939 bits per heavy atom. The fraction of sp³-hybridized carbons (Fsp3) is 0.526. The Hall–Kier alpha value is -3.73. The van der Waals surface area contributed by atoms with Crippen LogP contribution in [0.4, 0.5) is 11.4 Å². The summed E-state index contributed by atoms with van der Waals surface area (Å²) < 4.78 is 1.26. The lowest BCUT2D eigenvalue weighted by Crippen LogP contribution is -2.46. The lowest BCUT2D eigenvalue weighted by atomic mass is 9.71. The number of hydrogen-bond donors (Lipinski definition) is 2. The molecule has 7 rings (SSSR count). The van der Waals surface area contributed by atoms with E-state index in [4.69, 9.17) is 11.6 Å². The average Bonchev–Trinajstić information content (AvgIpc) is 3.10. The van der Waals surface area contributed by atoms with Crippen LogP contribution in [0.2, 0.25) is 5.02 Å². The Morgan fingerprint density at radius 2 is 1.67 bits per heavy atom. The van der Waals surface area contributed by atoms with E-state index < -0.39 is 0 Å². The number of halogens is 1. The Balaban J connectivity index is 0.893. The Morgan fingerprint density at radius 3 is 2.41 bits per heavy atom. The number of carbonyl (C=O) groups is 2. The second kappa shape index (κ2) is 14.2. The minimum Gasteiger partial charge on any atom is -0.378 e. The number of imide groups is 1. The molecular formula is C38H48ClN7O3. The number of hydrogen-bond acceptors (Lipinski definition) is 8. The fourth-order valence-electron chi connectivity index (χ4n) is 8.52. The first-order valence-corrected chi connectivity index (χ1v) is 18.2. The van der Waals surface area contributed by atoms with E-state index >= 15 is 0 Å². The largest absolute Gasteiger partial charge is 0.378 e. The SMILES string of the molecule is CN1C[C@H](Nc2cnn(C)c(=O)c2Cl)C[C@H](c2ccc(CN3CCC4(CC3)CCN(c3cccc(C5CCC(=O)NC5=O)c3)CC4)cc2)C1. The van der Waals surface area contributed by atoms with Crippen LogP contribution >= 0.6 is 11.6 Å². The first-order valence-electron chi connectivity index (χ1n) is 17.8. The number of nitrogens with zero attached hydrogens (tertiary/aromatic N) is 5. The lowest BCUT2D eigenvalue weighted by molar-refractivity contribution is -0.134. The predicted octanol–water partition coefficient (Wildman–Crippen LogP) is 4.74. The van der Waals surface area contributed by atoms with Crippen molar-refractivity contribution in [3.8, 4) is 0 Å². The third-order valence-electron chi connectivity index (χ3n) is 11.5. The number of anilines is 2. The minimum atomic E-state index is -0.288. The van der Waals surface area contributed by atoms with Crippen LogP contribution in [-0.2, 0) is 23.2 Å². The minimum absolute atomic E-state index is 0.168. The Kier molecular flexibility index (Phi) is 9.81. The lowest BCUT2D eigenvalue weighted by Gasteiger charge is -2.47. The zero-order valence-electron chi connectivity index (χ0n) is 28.7. The van der Waals surface area contributed by atoms with Gasteiger partial charge in [-0.2, -0.15) is 5.10 Å². The van der Waals surface area contributed by atoms with Crippen molar-refractivity contribution in [3.05, 3.63) is 86.8 Å². The third-order valence-corrected chi connectivity index (χ3v) is 11.9. The van der Waals surface area contributed by atoms with E-state index in [-0.39, 0.29) is 34.4 Å². The highest BCUT2D eigenvalue weighted by Gasteiger charge is 2.38. The number of benzene rings is 2. The highest BCUT2D eigenvalue weighted by molar-refractivity contribution is 6.32. The van der Waals surface area contributed by atoms with E-state index in [9.17, 15) is 14.4 Å². The molecule has 11 heteroatoms. The number of carbonyl (C=O) groups excluding carboxylic acids is 2. The zero-order chi connectivity index (χ0) is 34.1. The van der Waals surface area contributed by atoms with Crippen LogP contribution in [0.3, 0.4) is 0 Å². The second-order valence-corrected chi connectivity index (χ2v) is 15.3. The Labute approximate surface area is 293 Å². The molecule has 0 radical (unpaired) electrons. The van der Waals surface area contributed by atoms with Gasteiger partial charge in [0.25, 0.3) is 5.56 Å². The van der Waals surface area contributed by atoms with E-state index in [1.54, 1.807) is 13.2 Å². The van der Waals surface area contributed by atoms with E-state index in [0.29, 0.717) is 29.9 Å². The third kappa shape index (κ3) is 7.56. The molecule has 2 aromatic carbocycles. The van der Waals surface area contributed by atoms with E-state index in [0.717, 1.165) is 57.8 Å². The van der Waals surface area contributed by atoms with Gasteiger partial charge in [-0.1, -0.05) is 48.0 Å². The topological polar surface area (TPSA) is 103 Å². The van der Waals surface area contributed by atoms with E-state index in [1.807, 2.05) is 6.07 Å². The molecule has 2 amide bonds. The summed E-state index contributed by atoms with van der Waals surface area (Å²) in [6, 6.07) is 17.8. The number of aromatic nitrogens is 2. The number of piperidine rings is 4. The molecule has 4 aliphatic heterocycles. The molecular weight excluding hydrogens is 638 g/mol. The van der Waals surface area contributed by atoms with Crippen molar-refractivity contribution in [2.75, 3.05) is 56.5 Å². The highest BCUT2D eigenvalue weighted by Crippen LogP contribution is 2.43. The molecule has 0 saturated carbocycles. The van der Waals surface area contributed by atoms with Crippen molar-refractivity contribution >= 4 is 34.8 Å². The molecule has 1 unspecified atom stereocenters. The van der Waals surface area contributed by atoms with Gasteiger partial charge in [0.05, 0.1) is 17.8 Å². The van der Waals surface area contributed by atoms with Gasteiger partial charge in [-0.05, 0) is 98.8 Å². The summed E-state index contributed by atoms with van der Waals surface area (Å²) in [5.74, 6) is -0.186. The number of aryl methyl sites for hydroxylation is 1. The summed E-state index contributed by atoms with van der Waals surface area (Å²) in [5.41, 5.74) is 5.65. The number of likely N-dealkylation sites (N-methyl/N-ethyl adjacent to an activating group) is 1. The van der Waals surface area contributed by atoms with E-state index in [1.165, 1.54) is 47.2 Å². The van der Waals surface area contributed by atoms with Gasteiger partial charge in [0.15, 0.2) is 0 Å². The summed E-state index contributed by atoms with van der Waals surface area (Å²) in [6.45, 7) is 7.21. The predicted molar refractivity (Wildman–Crippen MR) is 193 cm³/mol. The van der Waals surface area contributed by atoms with Crippen molar-refractivity contribution in [2.24, 2.45) is 12.5 Å². The van der Waals surface area contributed by atoms with Gasteiger partial charge in [-0.15, -0.1) is 0 Å². The summed E-state index contributed by atoms with van der Waals surface area (Å²) >= 11 is 6.34. The van der Waals surface area contributed by atoms with Gasteiger partial charge in [-0.3, -0.25) is 24.6 Å². The zero-order valence-corrected chi connectivity index (χ0v) is 29.4. The second-order valence-electron chi connectivity index (χ2n) is 14.9. The Bertz CT molecular complexity index is 1730. The number of amides is 2. The maximum atomic E-state index is 12.4. The molecule has 3 atom stereocenters. The molecule has 260 valence electrons. The first-order chi connectivity index (χ1) is 23.6. The van der Waals surface area contributed by atoms with Crippen LogP contribution in [0.5, 0.6) is 0 Å². The molecule has 0 aliphatic carbocycles. The van der Waals surface area contributed by atoms with Crippen LogP contribution in [0.15, 0.2) is 59.5 Å². The number of nitrogens with one attached hydrogen (secondary N) is 2. The average molecular weight is 686 g/mol. The first kappa shape index (κ1) is 33.8. The van der Waals surface area contributed by atoms with E-state index in [2.05, 4.69) is 79.9 Å². The van der Waals surface area contributed by atoms with Crippen LogP contribution in [-0.4, -0.2) is 83.8 Å². The molecule has 10 nitrogen and oxygen atoms in total. The van der Waals surface area contributed by atoms with Crippen LogP contribution in [0, 0.1) is 5.41 Å². The van der Waals surface area contributed by atoms with Crippen molar-refractivity contribution in [3.63, 3.8) is 0 Å². The molecule has 1 spiro atoms. The molecule has 2 N–H and O–H groups in total. The molecule has 1 aromatic heterocycles. The van der Waals surface area contributed by atoms with Gasteiger partial charge < -0.3 is 15.1 Å². The van der Waals surface area contributed by atoms with Gasteiger partial charge in [-0.25, -0.2) is 4.68 Å². The van der Waals surface area contributed by atoms with Crippen molar-refractivity contribution < 1.29 is 9.59 Å². The highest BCUT2D eigenvalue weighted by atomic mass is 35.5. The molecule has 4 fully saturated rings. The standard InChI is InChI=1S/C38H48ClN7O3/c1-43-24-29(20-30(25-43)41-33-22-40-44(2)37(49)35(33)39)27-8-6-26(7-9-27)23-45-16-12-38(13-17-45)14-18-46(19-15-38)31-5-3-4-28(21-31)32-10-11-34(47)42-36(32)48/h3-9,21-22,29-30,32,41H,10-20,23-25H2,1-2H3,(H,42,47,48)/t29-,30+,32?/m0/s1. The molecule has 4 aliphatic rings. The van der Waals surface area contributed by atoms with Gasteiger partial charge in [0.1, 0.15) is 5.02 Å². The molecule has 5 heterocycles. The maximum absolute atomic E-state index is 12.4. The van der Waals surface area contributed by atoms with Crippen molar-refractivity contribution in [1.82, 2.24) is 24.9 Å². The van der Waals surface area contributed by atoms with Crippen LogP contribution < -0.4 is 21.1 Å². The molecule has 0 bridgehead atoms. The summed E-state index contributed by atoms with van der Waals surface area (Å²) in [5, 5.41) is 10.3. The fourth-order valence-corrected chi connectivity index (χ4v) is 8.75. The number of likely N-dealkylation sites (tertiary alicyclic amines) is 2. The summed E-state index contributed by atoms with van der Waals surface area (Å²) in [4.78, 5) is 43.8. The van der Waals surface area contributed by atoms with Gasteiger partial charge >= 0.3 is 0 Å². The van der Waals surface area contributed by atoms with Crippen LogP contribution in [0.25, 0.3) is 0 Å². The van der Waals surface area contributed by atoms with Crippen LogP contribution in [0.1, 0.15) is 73.5 Å². The number of rotatable bonds is 7. The maximum Gasteiger partial charge on any atom is 0.287 e. The van der Waals surface area contributed by atoms with Crippen molar-refractivity contribution in [2.45, 2.75) is 69.4 Å². The smallest absolute Gasteiger partial charge is 0.287 e. The summed E-state index contributed by atoms with van der Waals surface area (Å²) in [6.07, 6.45) is 8.48.